The van der Waals surface area contributed by atoms with Gasteiger partial charge in [-0.3, -0.25) is 4.79 Å². The molecule has 1 aromatic rings. The van der Waals surface area contributed by atoms with Gasteiger partial charge in [0.25, 0.3) is 0 Å². The summed E-state index contributed by atoms with van der Waals surface area (Å²) in [6.07, 6.45) is 2.74. The largest absolute Gasteiger partial charge is 0.496 e. The van der Waals surface area contributed by atoms with Crippen LogP contribution in [0.5, 0.6) is 5.75 Å². The van der Waals surface area contributed by atoms with Gasteiger partial charge in [-0.05, 0) is 31.9 Å². The van der Waals surface area contributed by atoms with Crippen molar-refractivity contribution in [2.24, 2.45) is 11.7 Å². The fourth-order valence-electron chi connectivity index (χ4n) is 2.13. The molecule has 0 radical (unpaired) electrons. The summed E-state index contributed by atoms with van der Waals surface area (Å²) in [7, 11) is 1.59. The third-order valence-electron chi connectivity index (χ3n) is 3.48. The van der Waals surface area contributed by atoms with Gasteiger partial charge in [-0.1, -0.05) is 31.0 Å². The van der Waals surface area contributed by atoms with E-state index in [2.05, 4.69) is 5.32 Å². The van der Waals surface area contributed by atoms with Gasteiger partial charge in [0.15, 0.2) is 0 Å². The Bertz CT molecular complexity index is 464. The average molecular weight is 313 g/mol. The zero-order chi connectivity index (χ0) is 15.8. The maximum Gasteiger partial charge on any atom is 0.223 e. The summed E-state index contributed by atoms with van der Waals surface area (Å²) >= 11 is 6.14. The lowest BCUT2D eigenvalue weighted by Crippen LogP contribution is -2.29. The first-order valence-corrected chi connectivity index (χ1v) is 7.68. The Balaban J connectivity index is 2.49. The number of rotatable bonds is 8. The molecule has 0 spiro atoms. The summed E-state index contributed by atoms with van der Waals surface area (Å²) in [6.45, 7) is 4.29. The smallest absolute Gasteiger partial charge is 0.223 e. The molecule has 0 bridgehead atoms. The van der Waals surface area contributed by atoms with Crippen LogP contribution in [0.3, 0.4) is 0 Å². The first-order valence-electron chi connectivity index (χ1n) is 7.30. The van der Waals surface area contributed by atoms with Crippen LogP contribution >= 0.6 is 11.6 Å². The molecule has 0 aliphatic heterocycles. The lowest BCUT2D eigenvalue weighted by Gasteiger charge is -2.15. The lowest BCUT2D eigenvalue weighted by molar-refractivity contribution is -0.124. The molecule has 118 valence electrons. The van der Waals surface area contributed by atoms with Gasteiger partial charge >= 0.3 is 0 Å². The van der Waals surface area contributed by atoms with Crippen molar-refractivity contribution in [2.75, 3.05) is 7.11 Å². The van der Waals surface area contributed by atoms with E-state index < -0.39 is 0 Å². The van der Waals surface area contributed by atoms with Gasteiger partial charge in [0.2, 0.25) is 5.91 Å². The molecule has 0 aromatic heterocycles. The summed E-state index contributed by atoms with van der Waals surface area (Å²) in [6, 6.07) is 5.63. The number of carbonyl (C=O) groups is 1. The molecule has 0 fully saturated rings. The number of nitrogens with one attached hydrogen (secondary N) is 1. The summed E-state index contributed by atoms with van der Waals surface area (Å²) in [5, 5.41) is 3.51. The average Bonchev–Trinajstić information content (AvgIpc) is 2.44. The SMILES string of the molecule is COc1cccc(Cl)c1CNC(=O)C(C)CCCC(C)N. The van der Waals surface area contributed by atoms with Crippen LogP contribution in [0.1, 0.15) is 38.7 Å². The lowest BCUT2D eigenvalue weighted by atomic mass is 10.0. The van der Waals surface area contributed by atoms with Crippen LogP contribution in [-0.4, -0.2) is 19.1 Å². The van der Waals surface area contributed by atoms with Crippen molar-refractivity contribution in [1.29, 1.82) is 0 Å². The fourth-order valence-corrected chi connectivity index (χ4v) is 2.36. The van der Waals surface area contributed by atoms with Crippen LogP contribution in [0.15, 0.2) is 18.2 Å². The van der Waals surface area contributed by atoms with Gasteiger partial charge in [-0.2, -0.15) is 0 Å². The van der Waals surface area contributed by atoms with Crippen LogP contribution in [0.25, 0.3) is 0 Å². The molecule has 1 rings (SSSR count). The van der Waals surface area contributed by atoms with Crippen LogP contribution in [-0.2, 0) is 11.3 Å². The van der Waals surface area contributed by atoms with Gasteiger partial charge in [0.05, 0.1) is 7.11 Å². The van der Waals surface area contributed by atoms with Crippen molar-refractivity contribution in [3.05, 3.63) is 28.8 Å². The van der Waals surface area contributed by atoms with Crippen LogP contribution in [0.2, 0.25) is 5.02 Å². The zero-order valence-electron chi connectivity index (χ0n) is 13.0. The molecule has 0 aliphatic rings. The molecule has 21 heavy (non-hydrogen) atoms. The second-order valence-corrected chi connectivity index (χ2v) is 5.85. The number of halogens is 1. The number of benzene rings is 1. The number of hydrogen-bond acceptors (Lipinski definition) is 3. The summed E-state index contributed by atoms with van der Waals surface area (Å²) in [5.74, 6) is 0.686. The number of hydrogen-bond donors (Lipinski definition) is 2. The quantitative estimate of drug-likeness (QED) is 0.775. The molecule has 0 saturated heterocycles. The van der Waals surface area contributed by atoms with E-state index in [0.717, 1.165) is 24.8 Å². The third kappa shape index (κ3) is 5.94. The molecule has 0 heterocycles. The third-order valence-corrected chi connectivity index (χ3v) is 3.83. The first kappa shape index (κ1) is 17.8. The first-order chi connectivity index (χ1) is 9.95. The second-order valence-electron chi connectivity index (χ2n) is 5.45. The molecule has 1 aromatic carbocycles. The Kier molecular flexibility index (Phi) is 7.54. The van der Waals surface area contributed by atoms with Gasteiger partial charge in [0, 0.05) is 29.1 Å². The van der Waals surface area contributed by atoms with Gasteiger partial charge < -0.3 is 15.8 Å². The highest BCUT2D eigenvalue weighted by molar-refractivity contribution is 6.31. The maximum atomic E-state index is 12.1. The Morgan fingerprint density at radius 2 is 2.10 bits per heavy atom. The van der Waals surface area contributed by atoms with E-state index in [1.165, 1.54) is 0 Å². The van der Waals surface area contributed by atoms with Crippen LogP contribution < -0.4 is 15.8 Å². The van der Waals surface area contributed by atoms with E-state index in [9.17, 15) is 4.79 Å². The number of nitrogens with two attached hydrogens (primary N) is 1. The molecule has 5 heteroatoms. The molecule has 3 N–H and O–H groups in total. The Morgan fingerprint density at radius 1 is 1.38 bits per heavy atom. The normalized spacial score (nSPS) is 13.6. The van der Waals surface area contributed by atoms with Crippen molar-refractivity contribution in [3.8, 4) is 5.75 Å². The minimum Gasteiger partial charge on any atom is -0.496 e. The summed E-state index contributed by atoms with van der Waals surface area (Å²) in [5.41, 5.74) is 6.51. The van der Waals surface area contributed by atoms with E-state index in [-0.39, 0.29) is 17.9 Å². The number of amides is 1. The number of ether oxygens (including phenoxy) is 1. The standard InChI is InChI=1S/C16H25ClN2O2/c1-11(6-4-7-12(2)18)16(20)19-10-13-14(17)8-5-9-15(13)21-3/h5,8-9,11-12H,4,6-7,10,18H2,1-3H3,(H,19,20). The summed E-state index contributed by atoms with van der Waals surface area (Å²) < 4.78 is 5.26. The molecule has 2 unspecified atom stereocenters. The highest BCUT2D eigenvalue weighted by Crippen LogP contribution is 2.26. The Labute approximate surface area is 132 Å². The molecule has 2 atom stereocenters. The van der Waals surface area contributed by atoms with Crippen molar-refractivity contribution in [2.45, 2.75) is 45.7 Å². The van der Waals surface area contributed by atoms with Crippen molar-refractivity contribution < 1.29 is 9.53 Å². The number of methoxy groups -OCH3 is 1. The molecule has 0 saturated carbocycles. The number of carbonyl (C=O) groups excluding carboxylic acids is 1. The predicted octanol–water partition coefficient (Wildman–Crippen LogP) is 3.12. The second kappa shape index (κ2) is 8.90. The molecule has 0 aliphatic carbocycles. The van der Waals surface area contributed by atoms with Crippen molar-refractivity contribution in [3.63, 3.8) is 0 Å². The van der Waals surface area contributed by atoms with Crippen molar-refractivity contribution >= 4 is 17.5 Å². The highest BCUT2D eigenvalue weighted by Gasteiger charge is 2.14. The minimum absolute atomic E-state index is 0.0293. The summed E-state index contributed by atoms with van der Waals surface area (Å²) in [4.78, 5) is 12.1. The minimum atomic E-state index is -0.0303. The Hall–Kier alpha value is -1.26. The van der Waals surface area contributed by atoms with Crippen molar-refractivity contribution in [1.82, 2.24) is 5.32 Å². The highest BCUT2D eigenvalue weighted by atomic mass is 35.5. The zero-order valence-corrected chi connectivity index (χ0v) is 13.7. The molecular weight excluding hydrogens is 288 g/mol. The fraction of sp³-hybridized carbons (Fsp3) is 0.562. The van der Waals surface area contributed by atoms with Gasteiger partial charge in [-0.25, -0.2) is 0 Å². The van der Waals surface area contributed by atoms with E-state index in [1.54, 1.807) is 13.2 Å². The maximum absolute atomic E-state index is 12.1. The topological polar surface area (TPSA) is 64.3 Å². The van der Waals surface area contributed by atoms with Crippen LogP contribution in [0, 0.1) is 5.92 Å². The molecular formula is C16H25ClN2O2. The van der Waals surface area contributed by atoms with Gasteiger partial charge in [-0.15, -0.1) is 0 Å². The molecule has 1 amide bonds. The monoisotopic (exact) mass is 312 g/mol. The van der Waals surface area contributed by atoms with E-state index >= 15 is 0 Å². The van der Waals surface area contributed by atoms with E-state index in [4.69, 9.17) is 22.1 Å². The predicted molar refractivity (Wildman–Crippen MR) is 86.5 cm³/mol. The van der Waals surface area contributed by atoms with Gasteiger partial charge in [0.1, 0.15) is 5.75 Å². The molecule has 4 nitrogen and oxygen atoms in total. The van der Waals surface area contributed by atoms with E-state index in [0.29, 0.717) is 17.3 Å². The van der Waals surface area contributed by atoms with E-state index in [1.807, 2.05) is 26.0 Å². The Morgan fingerprint density at radius 3 is 2.71 bits per heavy atom. The van der Waals surface area contributed by atoms with Crippen LogP contribution in [0.4, 0.5) is 0 Å².